The maximum atomic E-state index is 11.6. The van der Waals surface area contributed by atoms with Crippen LogP contribution in [0.25, 0.3) is 0 Å². The average Bonchev–Trinajstić information content (AvgIpc) is 2.72. The van der Waals surface area contributed by atoms with E-state index in [1.54, 1.807) is 7.05 Å². The molecule has 1 aromatic rings. The quantitative estimate of drug-likeness (QED) is 0.438. The van der Waals surface area contributed by atoms with E-state index in [1.807, 2.05) is 37.3 Å². The standard InChI is InChI=1S/C21H34N4O3/c1-3-23-21(25-11-9-17(10-12-25)13-20(27)22-2)24-14-19(26)16-28-15-18-7-5-4-6-8-18/h4-8,17,19,26H,3,9-16H2,1-2H3,(H,22,27)(H,23,24). The van der Waals surface area contributed by atoms with Gasteiger partial charge in [-0.2, -0.15) is 0 Å². The van der Waals surface area contributed by atoms with Crippen LogP contribution in [0, 0.1) is 5.92 Å². The number of guanidine groups is 1. The van der Waals surface area contributed by atoms with Gasteiger partial charge in [0, 0.05) is 33.1 Å². The number of aliphatic hydroxyl groups excluding tert-OH is 1. The van der Waals surface area contributed by atoms with Gasteiger partial charge in [-0.15, -0.1) is 0 Å². The van der Waals surface area contributed by atoms with E-state index in [4.69, 9.17) is 4.74 Å². The highest BCUT2D eigenvalue weighted by atomic mass is 16.5. The fourth-order valence-corrected chi connectivity index (χ4v) is 3.27. The Bertz CT molecular complexity index is 601. The molecule has 0 radical (unpaired) electrons. The molecule has 1 unspecified atom stereocenters. The van der Waals surface area contributed by atoms with E-state index >= 15 is 0 Å². The number of carbonyl (C=O) groups is 1. The Morgan fingerprint density at radius 1 is 1.32 bits per heavy atom. The number of likely N-dealkylation sites (tertiary alicyclic amines) is 1. The summed E-state index contributed by atoms with van der Waals surface area (Å²) in [5.74, 6) is 1.36. The van der Waals surface area contributed by atoms with Crippen LogP contribution in [0.1, 0.15) is 31.7 Å². The Labute approximate surface area is 168 Å². The molecule has 1 aromatic carbocycles. The Morgan fingerprint density at radius 3 is 2.68 bits per heavy atom. The largest absolute Gasteiger partial charge is 0.389 e. The summed E-state index contributed by atoms with van der Waals surface area (Å²) < 4.78 is 5.59. The molecule has 1 saturated heterocycles. The number of benzene rings is 1. The minimum atomic E-state index is -0.636. The summed E-state index contributed by atoms with van der Waals surface area (Å²) in [6.45, 7) is 5.59. The SMILES string of the molecule is CCNC(=NCC(O)COCc1ccccc1)N1CCC(CC(=O)NC)CC1. The Balaban J connectivity index is 1.75. The summed E-state index contributed by atoms with van der Waals surface area (Å²) in [4.78, 5) is 18.3. The van der Waals surface area contributed by atoms with Gasteiger partial charge in [-0.05, 0) is 31.2 Å². The van der Waals surface area contributed by atoms with E-state index < -0.39 is 6.10 Å². The summed E-state index contributed by atoms with van der Waals surface area (Å²) in [7, 11) is 1.68. The molecule has 1 heterocycles. The van der Waals surface area contributed by atoms with Crippen molar-refractivity contribution < 1.29 is 14.6 Å². The summed E-state index contributed by atoms with van der Waals surface area (Å²) >= 11 is 0. The maximum Gasteiger partial charge on any atom is 0.220 e. The van der Waals surface area contributed by atoms with Crippen molar-refractivity contribution >= 4 is 11.9 Å². The van der Waals surface area contributed by atoms with Crippen LogP contribution < -0.4 is 10.6 Å². The van der Waals surface area contributed by atoms with E-state index in [-0.39, 0.29) is 12.5 Å². The lowest BCUT2D eigenvalue weighted by atomic mass is 9.93. The van der Waals surface area contributed by atoms with Crippen LogP contribution in [-0.2, 0) is 16.1 Å². The molecule has 1 aliphatic rings. The fraction of sp³-hybridized carbons (Fsp3) is 0.619. The first-order valence-electron chi connectivity index (χ1n) is 10.2. The van der Waals surface area contributed by atoms with Gasteiger partial charge < -0.3 is 25.4 Å². The van der Waals surface area contributed by atoms with Gasteiger partial charge in [0.15, 0.2) is 5.96 Å². The minimum absolute atomic E-state index is 0.109. The van der Waals surface area contributed by atoms with Gasteiger partial charge in [0.1, 0.15) is 0 Å². The molecule has 3 N–H and O–H groups in total. The second kappa shape index (κ2) is 12.4. The molecule has 2 rings (SSSR count). The van der Waals surface area contributed by atoms with E-state index in [9.17, 15) is 9.90 Å². The van der Waals surface area contributed by atoms with Crippen molar-refractivity contribution in [1.29, 1.82) is 0 Å². The molecule has 28 heavy (non-hydrogen) atoms. The first-order chi connectivity index (χ1) is 13.6. The van der Waals surface area contributed by atoms with Gasteiger partial charge >= 0.3 is 0 Å². The Kier molecular flexibility index (Phi) is 9.79. The topological polar surface area (TPSA) is 86.2 Å². The lowest BCUT2D eigenvalue weighted by Crippen LogP contribution is -2.46. The van der Waals surface area contributed by atoms with Crippen molar-refractivity contribution in [2.75, 3.05) is 39.8 Å². The minimum Gasteiger partial charge on any atom is -0.389 e. The van der Waals surface area contributed by atoms with Gasteiger partial charge in [-0.1, -0.05) is 30.3 Å². The van der Waals surface area contributed by atoms with Crippen molar-refractivity contribution in [3.63, 3.8) is 0 Å². The molecule has 156 valence electrons. The molecule has 0 bridgehead atoms. The molecular weight excluding hydrogens is 356 g/mol. The highest BCUT2D eigenvalue weighted by Gasteiger charge is 2.23. The number of carbonyl (C=O) groups excluding carboxylic acids is 1. The van der Waals surface area contributed by atoms with Crippen molar-refractivity contribution in [2.24, 2.45) is 10.9 Å². The van der Waals surface area contributed by atoms with Crippen LogP contribution in [0.4, 0.5) is 0 Å². The molecule has 0 aromatic heterocycles. The smallest absolute Gasteiger partial charge is 0.220 e. The normalized spacial score (nSPS) is 16.7. The van der Waals surface area contributed by atoms with Crippen molar-refractivity contribution in [2.45, 2.75) is 38.9 Å². The molecule has 1 fully saturated rings. The summed E-state index contributed by atoms with van der Waals surface area (Å²) in [5, 5.41) is 16.2. The second-order valence-electron chi connectivity index (χ2n) is 7.16. The van der Waals surface area contributed by atoms with E-state index in [1.165, 1.54) is 0 Å². The summed E-state index contributed by atoms with van der Waals surface area (Å²) in [6.07, 6.45) is 1.90. The number of aliphatic imine (C=N–C) groups is 1. The number of piperidine rings is 1. The van der Waals surface area contributed by atoms with E-state index in [0.717, 1.165) is 44.0 Å². The molecule has 1 atom stereocenters. The number of ether oxygens (including phenoxy) is 1. The monoisotopic (exact) mass is 390 g/mol. The van der Waals surface area contributed by atoms with Gasteiger partial charge in [0.05, 0.1) is 25.9 Å². The Morgan fingerprint density at radius 2 is 2.04 bits per heavy atom. The zero-order valence-corrected chi connectivity index (χ0v) is 17.1. The van der Waals surface area contributed by atoms with Crippen LogP contribution in [0.5, 0.6) is 0 Å². The van der Waals surface area contributed by atoms with Gasteiger partial charge in [-0.3, -0.25) is 9.79 Å². The van der Waals surface area contributed by atoms with Crippen molar-refractivity contribution in [3.8, 4) is 0 Å². The molecule has 7 nitrogen and oxygen atoms in total. The molecule has 1 aliphatic heterocycles. The average molecular weight is 391 g/mol. The third kappa shape index (κ3) is 7.86. The molecule has 0 aliphatic carbocycles. The van der Waals surface area contributed by atoms with Gasteiger partial charge in [0.2, 0.25) is 5.91 Å². The molecule has 0 spiro atoms. The van der Waals surface area contributed by atoms with Crippen LogP contribution >= 0.6 is 0 Å². The highest BCUT2D eigenvalue weighted by Crippen LogP contribution is 2.20. The second-order valence-corrected chi connectivity index (χ2v) is 7.16. The van der Waals surface area contributed by atoms with E-state index in [0.29, 0.717) is 25.5 Å². The number of aliphatic hydroxyl groups is 1. The molecule has 7 heteroatoms. The van der Waals surface area contributed by atoms with Crippen LogP contribution in [0.2, 0.25) is 0 Å². The summed E-state index contributed by atoms with van der Waals surface area (Å²) in [6, 6.07) is 9.92. The predicted octanol–water partition coefficient (Wildman–Crippen LogP) is 1.38. The van der Waals surface area contributed by atoms with Gasteiger partial charge in [0.25, 0.3) is 0 Å². The zero-order chi connectivity index (χ0) is 20.2. The maximum absolute atomic E-state index is 11.6. The number of nitrogens with one attached hydrogen (secondary N) is 2. The number of nitrogens with zero attached hydrogens (tertiary/aromatic N) is 2. The van der Waals surface area contributed by atoms with Gasteiger partial charge in [-0.25, -0.2) is 0 Å². The number of rotatable bonds is 9. The highest BCUT2D eigenvalue weighted by molar-refractivity contribution is 5.80. The number of hydrogen-bond donors (Lipinski definition) is 3. The van der Waals surface area contributed by atoms with Crippen molar-refractivity contribution in [3.05, 3.63) is 35.9 Å². The number of amides is 1. The first-order valence-corrected chi connectivity index (χ1v) is 10.2. The number of hydrogen-bond acceptors (Lipinski definition) is 4. The lowest BCUT2D eigenvalue weighted by Gasteiger charge is -2.34. The predicted molar refractivity (Wildman–Crippen MR) is 111 cm³/mol. The van der Waals surface area contributed by atoms with E-state index in [2.05, 4.69) is 20.5 Å². The molecule has 1 amide bonds. The third-order valence-electron chi connectivity index (χ3n) is 4.88. The van der Waals surface area contributed by atoms with Crippen LogP contribution in [0.15, 0.2) is 35.3 Å². The Hall–Kier alpha value is -2.12. The van der Waals surface area contributed by atoms with Crippen LogP contribution in [-0.4, -0.2) is 67.8 Å². The lowest BCUT2D eigenvalue weighted by molar-refractivity contribution is -0.121. The van der Waals surface area contributed by atoms with Crippen molar-refractivity contribution in [1.82, 2.24) is 15.5 Å². The van der Waals surface area contributed by atoms with Crippen LogP contribution in [0.3, 0.4) is 0 Å². The zero-order valence-electron chi connectivity index (χ0n) is 17.1. The molecule has 0 saturated carbocycles. The third-order valence-corrected chi connectivity index (χ3v) is 4.88. The fourth-order valence-electron chi connectivity index (χ4n) is 3.27. The summed E-state index contributed by atoms with van der Waals surface area (Å²) in [5.41, 5.74) is 1.09. The first kappa shape index (κ1) is 22.2. The molecular formula is C21H34N4O3.